The number of anilines is 2. The summed E-state index contributed by atoms with van der Waals surface area (Å²) in [5.41, 5.74) is 2.15. The first-order chi connectivity index (χ1) is 13.2. The van der Waals surface area contributed by atoms with E-state index in [-0.39, 0.29) is 5.91 Å². The Labute approximate surface area is 160 Å². The molecule has 0 atom stereocenters. The van der Waals surface area contributed by atoms with Gasteiger partial charge in [-0.2, -0.15) is 4.98 Å². The Balaban J connectivity index is 1.46. The highest BCUT2D eigenvalue weighted by Gasteiger charge is 2.24. The molecule has 2 aliphatic heterocycles. The zero-order chi connectivity index (χ0) is 18.6. The average molecular weight is 392 g/mol. The van der Waals surface area contributed by atoms with Gasteiger partial charge in [0.25, 0.3) is 5.91 Å². The maximum absolute atomic E-state index is 14.2. The van der Waals surface area contributed by atoms with Crippen LogP contribution in [0.2, 0.25) is 0 Å². The maximum Gasteiger partial charge on any atom is 0.273 e. The molecule has 0 radical (unpaired) electrons. The minimum Gasteiger partial charge on any atom is -0.378 e. The van der Waals surface area contributed by atoms with E-state index in [0.717, 1.165) is 13.0 Å². The van der Waals surface area contributed by atoms with Crippen molar-refractivity contribution in [1.29, 1.82) is 0 Å². The van der Waals surface area contributed by atoms with Gasteiger partial charge in [-0.05, 0) is 6.42 Å². The number of nitrogens with zero attached hydrogens (tertiary/aromatic N) is 6. The fraction of sp³-hybridized carbons (Fsp3) is 0.529. The lowest BCUT2D eigenvalue weighted by Gasteiger charge is -2.29. The summed E-state index contributed by atoms with van der Waals surface area (Å²) in [6, 6.07) is 0. The number of carbonyl (C=O) groups excluding carboxylic acids is 1. The summed E-state index contributed by atoms with van der Waals surface area (Å²) in [7, 11) is 0. The Morgan fingerprint density at radius 1 is 1.07 bits per heavy atom. The zero-order valence-electron chi connectivity index (χ0n) is 14.9. The minimum atomic E-state index is -0.421. The van der Waals surface area contributed by atoms with Crippen LogP contribution in [0.1, 0.15) is 16.9 Å². The second-order valence-electron chi connectivity index (χ2n) is 6.45. The first kappa shape index (κ1) is 18.1. The van der Waals surface area contributed by atoms with Gasteiger partial charge < -0.3 is 19.4 Å². The summed E-state index contributed by atoms with van der Waals surface area (Å²) in [5, 5.41) is 1.77. The third-order valence-corrected chi connectivity index (χ3v) is 5.33. The Bertz CT molecular complexity index is 784. The molecule has 2 aromatic rings. The van der Waals surface area contributed by atoms with E-state index in [1.807, 2.05) is 14.7 Å². The SMILES string of the molecule is O=C(c1cscn1)N1CCCN(c2ncc(F)c(N3CCOCC3)n2)CC1. The van der Waals surface area contributed by atoms with Gasteiger partial charge in [-0.3, -0.25) is 4.79 Å². The van der Waals surface area contributed by atoms with E-state index in [0.29, 0.717) is 63.4 Å². The summed E-state index contributed by atoms with van der Waals surface area (Å²) >= 11 is 1.41. The highest BCUT2D eigenvalue weighted by molar-refractivity contribution is 7.07. The second kappa shape index (κ2) is 8.13. The number of halogens is 1. The van der Waals surface area contributed by atoms with Gasteiger partial charge >= 0.3 is 0 Å². The largest absolute Gasteiger partial charge is 0.378 e. The highest BCUT2D eigenvalue weighted by atomic mass is 32.1. The van der Waals surface area contributed by atoms with Crippen molar-refractivity contribution in [1.82, 2.24) is 19.9 Å². The molecule has 10 heteroatoms. The number of morpholine rings is 1. The number of hydrogen-bond donors (Lipinski definition) is 0. The van der Waals surface area contributed by atoms with Gasteiger partial charge in [0.15, 0.2) is 11.6 Å². The van der Waals surface area contributed by atoms with Crippen LogP contribution in [-0.2, 0) is 4.74 Å². The molecule has 8 nitrogen and oxygen atoms in total. The summed E-state index contributed by atoms with van der Waals surface area (Å²) in [4.78, 5) is 31.0. The van der Waals surface area contributed by atoms with Gasteiger partial charge in [-0.15, -0.1) is 11.3 Å². The smallest absolute Gasteiger partial charge is 0.273 e. The predicted octanol–water partition coefficient (Wildman–Crippen LogP) is 1.26. The topological polar surface area (TPSA) is 74.7 Å². The zero-order valence-corrected chi connectivity index (χ0v) is 15.7. The molecule has 0 saturated carbocycles. The minimum absolute atomic E-state index is 0.0490. The van der Waals surface area contributed by atoms with Crippen molar-refractivity contribution in [3.8, 4) is 0 Å². The highest BCUT2D eigenvalue weighted by Crippen LogP contribution is 2.21. The van der Waals surface area contributed by atoms with Crippen LogP contribution in [0.4, 0.5) is 16.2 Å². The molecule has 144 valence electrons. The fourth-order valence-electron chi connectivity index (χ4n) is 3.30. The molecule has 0 aromatic carbocycles. The fourth-order valence-corrected chi connectivity index (χ4v) is 3.82. The number of ether oxygens (including phenoxy) is 1. The molecule has 0 aliphatic carbocycles. The molecule has 1 amide bonds. The van der Waals surface area contributed by atoms with E-state index < -0.39 is 5.82 Å². The van der Waals surface area contributed by atoms with Gasteiger partial charge in [0, 0.05) is 44.6 Å². The average Bonchev–Trinajstić information content (AvgIpc) is 3.13. The standard InChI is InChI=1S/C17H21FN6O2S/c18-13-10-19-17(21-15(13)22-6-8-26-9-7-22)24-3-1-2-23(4-5-24)16(25)14-11-27-12-20-14/h10-12H,1-9H2. The van der Waals surface area contributed by atoms with Crippen LogP contribution in [0.15, 0.2) is 17.1 Å². The van der Waals surface area contributed by atoms with Crippen molar-refractivity contribution in [2.45, 2.75) is 6.42 Å². The molecule has 2 fully saturated rings. The predicted molar refractivity (Wildman–Crippen MR) is 99.9 cm³/mol. The van der Waals surface area contributed by atoms with Gasteiger partial charge in [-0.25, -0.2) is 14.4 Å². The Kier molecular flexibility index (Phi) is 5.44. The quantitative estimate of drug-likeness (QED) is 0.778. The Morgan fingerprint density at radius 2 is 1.93 bits per heavy atom. The van der Waals surface area contributed by atoms with Crippen LogP contribution in [0, 0.1) is 5.82 Å². The van der Waals surface area contributed by atoms with Crippen molar-refractivity contribution < 1.29 is 13.9 Å². The Morgan fingerprint density at radius 3 is 2.70 bits per heavy atom. The molecule has 0 bridgehead atoms. The molecule has 4 heterocycles. The van der Waals surface area contributed by atoms with E-state index in [2.05, 4.69) is 15.0 Å². The molecule has 0 spiro atoms. The number of rotatable bonds is 3. The van der Waals surface area contributed by atoms with Crippen LogP contribution in [0.5, 0.6) is 0 Å². The number of amides is 1. The van der Waals surface area contributed by atoms with Crippen molar-refractivity contribution in [2.75, 3.05) is 62.3 Å². The summed E-state index contributed by atoms with van der Waals surface area (Å²) in [6.07, 6.45) is 2.03. The molecule has 2 saturated heterocycles. The van der Waals surface area contributed by atoms with Crippen LogP contribution >= 0.6 is 11.3 Å². The molecule has 2 aliphatic rings. The van der Waals surface area contributed by atoms with Gasteiger partial charge in [-0.1, -0.05) is 0 Å². The van der Waals surface area contributed by atoms with Crippen LogP contribution in [0.3, 0.4) is 0 Å². The van der Waals surface area contributed by atoms with Crippen molar-refractivity contribution in [3.63, 3.8) is 0 Å². The molecular formula is C17H21FN6O2S. The lowest BCUT2D eigenvalue weighted by atomic mass is 10.3. The normalized spacial score (nSPS) is 18.5. The molecule has 27 heavy (non-hydrogen) atoms. The van der Waals surface area contributed by atoms with Gasteiger partial charge in [0.2, 0.25) is 5.95 Å². The lowest BCUT2D eigenvalue weighted by molar-refractivity contribution is 0.0762. The molecule has 4 rings (SSSR count). The van der Waals surface area contributed by atoms with Crippen LogP contribution in [-0.4, -0.2) is 78.2 Å². The van der Waals surface area contributed by atoms with Crippen molar-refractivity contribution in [3.05, 3.63) is 28.6 Å². The van der Waals surface area contributed by atoms with Crippen LogP contribution in [0.25, 0.3) is 0 Å². The van der Waals surface area contributed by atoms with E-state index in [1.165, 1.54) is 17.5 Å². The van der Waals surface area contributed by atoms with E-state index in [9.17, 15) is 9.18 Å². The van der Waals surface area contributed by atoms with Crippen LogP contribution < -0.4 is 9.80 Å². The summed E-state index contributed by atoms with van der Waals surface area (Å²) in [6.45, 7) is 4.90. The summed E-state index contributed by atoms with van der Waals surface area (Å²) in [5.74, 6) is 0.353. The molecule has 0 unspecified atom stereocenters. The third kappa shape index (κ3) is 4.01. The van der Waals surface area contributed by atoms with Crippen molar-refractivity contribution in [2.24, 2.45) is 0 Å². The molecule has 2 aromatic heterocycles. The monoisotopic (exact) mass is 392 g/mol. The van der Waals surface area contributed by atoms with E-state index in [4.69, 9.17) is 4.74 Å². The second-order valence-corrected chi connectivity index (χ2v) is 7.17. The number of thiazole rings is 1. The third-order valence-electron chi connectivity index (χ3n) is 4.74. The van der Waals surface area contributed by atoms with E-state index in [1.54, 1.807) is 10.9 Å². The van der Waals surface area contributed by atoms with Gasteiger partial charge in [0.05, 0.1) is 24.9 Å². The molecule has 0 N–H and O–H groups in total. The molecular weight excluding hydrogens is 371 g/mol. The first-order valence-corrected chi connectivity index (χ1v) is 9.94. The van der Waals surface area contributed by atoms with Crippen molar-refractivity contribution >= 4 is 29.0 Å². The lowest BCUT2D eigenvalue weighted by Crippen LogP contribution is -2.38. The number of aromatic nitrogens is 3. The summed E-state index contributed by atoms with van der Waals surface area (Å²) < 4.78 is 19.6. The number of carbonyl (C=O) groups is 1. The van der Waals surface area contributed by atoms with E-state index >= 15 is 0 Å². The first-order valence-electron chi connectivity index (χ1n) is 9.00. The number of hydrogen-bond acceptors (Lipinski definition) is 8. The Hall–Kier alpha value is -2.33. The maximum atomic E-state index is 14.2. The van der Waals surface area contributed by atoms with Gasteiger partial charge in [0.1, 0.15) is 5.69 Å².